The number of unbranched alkanes of at least 4 members (excludes halogenated alkanes) is 12. The summed E-state index contributed by atoms with van der Waals surface area (Å²) < 4.78 is 34.6. The minimum absolute atomic E-state index is 0.0113. The molecule has 0 rings (SSSR count). The van der Waals surface area contributed by atoms with Crippen LogP contribution >= 0.6 is 7.82 Å². The van der Waals surface area contributed by atoms with E-state index in [2.05, 4.69) is 208 Å². The second-order valence-electron chi connectivity index (χ2n) is 22.4. The highest BCUT2D eigenvalue weighted by Gasteiger charge is 2.27. The van der Waals surface area contributed by atoms with E-state index in [0.29, 0.717) is 17.4 Å². The minimum atomic E-state index is -4.42. The molecule has 0 aromatic carbocycles. The molecule has 0 heterocycles. The van der Waals surface area contributed by atoms with Gasteiger partial charge in [-0.25, -0.2) is 4.57 Å². The van der Waals surface area contributed by atoms with Crippen LogP contribution in [0.1, 0.15) is 219 Å². The monoisotopic (exact) mass is 1210 g/mol. The van der Waals surface area contributed by atoms with Crippen LogP contribution in [0.3, 0.4) is 0 Å². The largest absolute Gasteiger partial charge is 0.472 e. The van der Waals surface area contributed by atoms with E-state index in [1.54, 1.807) is 0 Å². The Morgan fingerprint density at radius 1 is 0.360 bits per heavy atom. The van der Waals surface area contributed by atoms with Gasteiger partial charge in [0.2, 0.25) is 0 Å². The van der Waals surface area contributed by atoms with Crippen LogP contribution in [-0.2, 0) is 32.7 Å². The fourth-order valence-electron chi connectivity index (χ4n) is 8.10. The fraction of sp³-hybridized carbons (Fsp3) is 0.553. The van der Waals surface area contributed by atoms with Gasteiger partial charge in [0.1, 0.15) is 19.8 Å². The van der Waals surface area contributed by atoms with Crippen LogP contribution in [0.25, 0.3) is 0 Å². The van der Waals surface area contributed by atoms with Gasteiger partial charge in [0.15, 0.2) is 6.10 Å². The first-order chi connectivity index (χ1) is 42.0. The molecule has 86 heavy (non-hydrogen) atoms. The molecule has 0 aliphatic carbocycles. The number of carbonyl (C=O) groups excluding carboxylic acids is 2. The van der Waals surface area contributed by atoms with Crippen molar-refractivity contribution in [3.8, 4) is 0 Å². The number of ether oxygens (including phenoxy) is 2. The van der Waals surface area contributed by atoms with Crippen molar-refractivity contribution in [3.05, 3.63) is 194 Å². The number of likely N-dealkylation sites (N-methyl/N-ethyl adjacent to an activating group) is 1. The van der Waals surface area contributed by atoms with Gasteiger partial charge in [-0.1, -0.05) is 260 Å². The second-order valence-corrected chi connectivity index (χ2v) is 23.8. The maximum absolute atomic E-state index is 12.8. The van der Waals surface area contributed by atoms with Crippen LogP contribution in [-0.4, -0.2) is 74.9 Å². The van der Waals surface area contributed by atoms with Crippen molar-refractivity contribution in [2.24, 2.45) is 0 Å². The Balaban J connectivity index is 4.25. The molecule has 482 valence electrons. The molecule has 0 aliphatic heterocycles. The Morgan fingerprint density at radius 2 is 0.628 bits per heavy atom. The molecule has 0 fully saturated rings. The van der Waals surface area contributed by atoms with Gasteiger partial charge >= 0.3 is 19.8 Å². The Labute approximate surface area is 526 Å². The molecule has 0 spiro atoms. The first kappa shape index (κ1) is 80.8. The summed E-state index contributed by atoms with van der Waals surface area (Å²) in [5.41, 5.74) is 0. The van der Waals surface area contributed by atoms with Crippen molar-refractivity contribution < 1.29 is 42.1 Å². The van der Waals surface area contributed by atoms with E-state index in [9.17, 15) is 19.0 Å². The number of phosphoric acid groups is 1. The molecular formula is C76H121NO8P+. The highest BCUT2D eigenvalue weighted by molar-refractivity contribution is 7.47. The Bertz CT molecular complexity index is 2150. The van der Waals surface area contributed by atoms with Crippen molar-refractivity contribution in [2.75, 3.05) is 47.5 Å². The fourth-order valence-corrected chi connectivity index (χ4v) is 8.85. The van der Waals surface area contributed by atoms with E-state index in [1.807, 2.05) is 21.1 Å². The third kappa shape index (κ3) is 68.0. The number of nitrogens with zero attached hydrogens (tertiary/aromatic N) is 1. The predicted octanol–water partition coefficient (Wildman–Crippen LogP) is 21.7. The molecule has 9 nitrogen and oxygen atoms in total. The summed E-state index contributed by atoms with van der Waals surface area (Å²) in [6, 6.07) is 0. The molecule has 0 saturated carbocycles. The molecular weight excluding hydrogens is 1090 g/mol. The van der Waals surface area contributed by atoms with Crippen molar-refractivity contribution in [1.29, 1.82) is 0 Å². The molecule has 2 atom stereocenters. The Hall–Kier alpha value is -5.15. The number of rotatable bonds is 58. The molecule has 1 N–H and O–H groups in total. The number of carbonyl (C=O) groups is 2. The van der Waals surface area contributed by atoms with Crippen LogP contribution in [0.15, 0.2) is 194 Å². The maximum Gasteiger partial charge on any atom is 0.472 e. The lowest BCUT2D eigenvalue weighted by Gasteiger charge is -2.24. The number of esters is 2. The predicted molar refractivity (Wildman–Crippen MR) is 371 cm³/mol. The molecule has 0 radical (unpaired) electrons. The average Bonchev–Trinajstić information content (AvgIpc) is 3.56. The van der Waals surface area contributed by atoms with Crippen molar-refractivity contribution in [2.45, 2.75) is 225 Å². The van der Waals surface area contributed by atoms with Crippen LogP contribution < -0.4 is 0 Å². The van der Waals surface area contributed by atoms with Gasteiger partial charge in [0.25, 0.3) is 0 Å². The lowest BCUT2D eigenvalue weighted by Crippen LogP contribution is -2.37. The zero-order valence-corrected chi connectivity index (χ0v) is 55.6. The zero-order chi connectivity index (χ0) is 62.6. The molecule has 10 heteroatoms. The third-order valence-electron chi connectivity index (χ3n) is 13.1. The van der Waals surface area contributed by atoms with E-state index in [1.165, 1.54) is 38.5 Å². The summed E-state index contributed by atoms with van der Waals surface area (Å²) in [5.74, 6) is -0.869. The van der Waals surface area contributed by atoms with Crippen LogP contribution in [0.5, 0.6) is 0 Å². The van der Waals surface area contributed by atoms with E-state index in [4.69, 9.17) is 18.5 Å². The van der Waals surface area contributed by atoms with E-state index in [0.717, 1.165) is 148 Å². The quantitative estimate of drug-likeness (QED) is 0.0211. The van der Waals surface area contributed by atoms with Gasteiger partial charge in [-0.2, -0.15) is 0 Å². The summed E-state index contributed by atoms with van der Waals surface area (Å²) in [4.78, 5) is 35.8. The summed E-state index contributed by atoms with van der Waals surface area (Å²) in [6.45, 7) is 4.12. The van der Waals surface area contributed by atoms with Crippen molar-refractivity contribution in [1.82, 2.24) is 0 Å². The summed E-state index contributed by atoms with van der Waals surface area (Å²) in [7, 11) is 1.42. The van der Waals surface area contributed by atoms with Gasteiger partial charge in [-0.15, -0.1) is 0 Å². The Morgan fingerprint density at radius 3 is 0.953 bits per heavy atom. The zero-order valence-electron chi connectivity index (χ0n) is 54.7. The third-order valence-corrected chi connectivity index (χ3v) is 14.1. The number of hydrogen-bond acceptors (Lipinski definition) is 7. The number of phosphoric ester groups is 1. The van der Waals surface area contributed by atoms with Crippen molar-refractivity contribution in [3.63, 3.8) is 0 Å². The van der Waals surface area contributed by atoms with E-state index in [-0.39, 0.29) is 26.1 Å². The highest BCUT2D eigenvalue weighted by Crippen LogP contribution is 2.43. The standard InChI is InChI=1S/C76H120NO8P/c1-6-8-10-12-14-16-18-20-22-24-26-28-30-31-32-33-34-35-36-37-38-39-40-41-42-43-44-45-47-49-51-53-55-57-59-61-63-65-67-69-76(79)85-74(73-84-86(80,81)83-71-70-77(3,4)5)72-82-75(78)68-66-64-62-60-58-56-54-52-50-48-46-29-27-25-23-21-19-17-15-13-11-9-7-2/h8-11,14-17,20-23,26-29,31-32,34-35,37-38,40-41,43-44,47,49,53,55,59,61,74H,6-7,12-13,18-19,24-25,30,33,36,39,42,45-46,48,50-52,54,56-58,60,62-73H2,1-5H3/p+1/b10-8-,11-9-,16-14-,17-15-,22-20-,23-21-,28-26-,29-27-,32-31-,35-34-,38-37-,41-40-,44-43-,49-47-,55-53-,61-59-. The van der Waals surface area contributed by atoms with Crippen LogP contribution in [0.2, 0.25) is 0 Å². The van der Waals surface area contributed by atoms with Gasteiger partial charge in [-0.05, 0) is 141 Å². The normalized spacial score (nSPS) is 14.4. The van der Waals surface area contributed by atoms with Crippen LogP contribution in [0.4, 0.5) is 0 Å². The average molecular weight is 1210 g/mol. The second kappa shape index (κ2) is 64.3. The van der Waals surface area contributed by atoms with Gasteiger partial charge in [0.05, 0.1) is 27.7 Å². The molecule has 0 bridgehead atoms. The molecule has 0 saturated heterocycles. The lowest BCUT2D eigenvalue weighted by molar-refractivity contribution is -0.870. The molecule has 0 aromatic heterocycles. The molecule has 0 aromatic rings. The van der Waals surface area contributed by atoms with Gasteiger partial charge in [-0.3, -0.25) is 18.6 Å². The number of hydrogen-bond donors (Lipinski definition) is 1. The minimum Gasteiger partial charge on any atom is -0.462 e. The van der Waals surface area contributed by atoms with E-state index >= 15 is 0 Å². The number of allylic oxidation sites excluding steroid dienone is 32. The summed E-state index contributed by atoms with van der Waals surface area (Å²) in [5, 5.41) is 0. The van der Waals surface area contributed by atoms with Crippen molar-refractivity contribution >= 4 is 19.8 Å². The molecule has 0 aliphatic rings. The Kier molecular flexibility index (Phi) is 60.5. The molecule has 0 amide bonds. The SMILES string of the molecule is CC/C=C\C/C=C\C/C=C\C/C=C\C/C=C\C/C=C\C/C=C\C/C=C\C/C=C\C/C=C\C/C=C\C/C=C\CCCCC(=O)OC(COC(=O)CCCCCCCCCCCC/C=C\C/C=C\C/C=C\C/C=C\CC)COP(=O)(O)OCC[N+](C)(C)C. The van der Waals surface area contributed by atoms with Crippen LogP contribution in [0, 0.1) is 0 Å². The number of quaternary nitrogens is 1. The van der Waals surface area contributed by atoms with Gasteiger partial charge < -0.3 is 18.9 Å². The highest BCUT2D eigenvalue weighted by atomic mass is 31.2. The maximum atomic E-state index is 12.8. The first-order valence-electron chi connectivity index (χ1n) is 33.2. The smallest absolute Gasteiger partial charge is 0.462 e. The summed E-state index contributed by atoms with van der Waals surface area (Å²) in [6.07, 6.45) is 101. The lowest BCUT2D eigenvalue weighted by atomic mass is 10.1. The first-order valence-corrected chi connectivity index (χ1v) is 34.7. The van der Waals surface area contributed by atoms with Gasteiger partial charge in [0, 0.05) is 12.8 Å². The summed E-state index contributed by atoms with van der Waals surface area (Å²) >= 11 is 0. The molecule has 2 unspecified atom stereocenters. The van der Waals surface area contributed by atoms with E-state index < -0.39 is 32.5 Å². The topological polar surface area (TPSA) is 108 Å².